The van der Waals surface area contributed by atoms with Crippen LogP contribution in [-0.2, 0) is 6.67 Å². The second-order valence-corrected chi connectivity index (χ2v) is 6.47. The third-order valence-corrected chi connectivity index (χ3v) is 5.25. The van der Waals surface area contributed by atoms with Gasteiger partial charge in [-0.25, -0.2) is 4.79 Å². The number of fused-ring (bicyclic) bond motifs is 2. The van der Waals surface area contributed by atoms with Crippen LogP contribution in [0.4, 0.5) is 0 Å². The van der Waals surface area contributed by atoms with Crippen molar-refractivity contribution >= 4 is 11.1 Å². The van der Waals surface area contributed by atoms with Crippen LogP contribution in [-0.4, -0.2) is 22.1 Å². The summed E-state index contributed by atoms with van der Waals surface area (Å²) in [6.45, 7) is 1.78. The molecule has 4 nitrogen and oxygen atoms in total. The zero-order valence-electron chi connectivity index (χ0n) is 12.3. The number of rotatable bonds is 2. The van der Waals surface area contributed by atoms with Gasteiger partial charge in [-0.2, -0.15) is 0 Å². The van der Waals surface area contributed by atoms with Crippen LogP contribution in [0.1, 0.15) is 38.5 Å². The molecule has 4 rings (SSSR count). The average molecular weight is 286 g/mol. The van der Waals surface area contributed by atoms with Gasteiger partial charge in [0.1, 0.15) is 0 Å². The van der Waals surface area contributed by atoms with Crippen molar-refractivity contribution in [2.24, 2.45) is 5.92 Å². The molecular formula is C17H22N2O2. The summed E-state index contributed by atoms with van der Waals surface area (Å²) in [7, 11) is 0. The van der Waals surface area contributed by atoms with E-state index in [1.807, 2.05) is 24.3 Å². The monoisotopic (exact) mass is 286 g/mol. The number of hydrogen-bond acceptors (Lipinski definition) is 3. The lowest BCUT2D eigenvalue weighted by Crippen LogP contribution is -2.48. The van der Waals surface area contributed by atoms with Crippen LogP contribution in [0.5, 0.6) is 0 Å². The van der Waals surface area contributed by atoms with E-state index in [-0.39, 0.29) is 5.76 Å². The fraction of sp³-hybridized carbons (Fsp3) is 0.588. The summed E-state index contributed by atoms with van der Waals surface area (Å²) >= 11 is 0. The van der Waals surface area contributed by atoms with E-state index >= 15 is 0 Å². The Morgan fingerprint density at radius 3 is 2.86 bits per heavy atom. The summed E-state index contributed by atoms with van der Waals surface area (Å²) in [5.74, 6) is 0.607. The Hall–Kier alpha value is -1.55. The van der Waals surface area contributed by atoms with E-state index in [1.54, 1.807) is 4.57 Å². The van der Waals surface area contributed by atoms with Gasteiger partial charge >= 0.3 is 5.76 Å². The number of piperidine rings is 1. The van der Waals surface area contributed by atoms with Gasteiger partial charge in [-0.05, 0) is 43.7 Å². The minimum absolute atomic E-state index is 0.228. The highest BCUT2D eigenvalue weighted by atomic mass is 16.4. The summed E-state index contributed by atoms with van der Waals surface area (Å²) in [5, 5.41) is 0. The number of aromatic nitrogens is 1. The molecule has 0 spiro atoms. The zero-order valence-corrected chi connectivity index (χ0v) is 12.3. The van der Waals surface area contributed by atoms with Crippen molar-refractivity contribution in [2.75, 3.05) is 6.54 Å². The van der Waals surface area contributed by atoms with Crippen molar-refractivity contribution < 1.29 is 4.42 Å². The largest absolute Gasteiger partial charge is 0.421 e. The third kappa shape index (κ3) is 2.31. The van der Waals surface area contributed by atoms with Crippen molar-refractivity contribution in [3.8, 4) is 0 Å². The Morgan fingerprint density at radius 2 is 1.90 bits per heavy atom. The molecule has 0 radical (unpaired) electrons. The van der Waals surface area contributed by atoms with Crippen LogP contribution < -0.4 is 5.76 Å². The van der Waals surface area contributed by atoms with Crippen molar-refractivity contribution in [3.63, 3.8) is 0 Å². The van der Waals surface area contributed by atoms with Gasteiger partial charge in [0.15, 0.2) is 5.58 Å². The lowest BCUT2D eigenvalue weighted by atomic mass is 9.78. The van der Waals surface area contributed by atoms with Crippen LogP contribution >= 0.6 is 0 Å². The Labute approximate surface area is 124 Å². The van der Waals surface area contributed by atoms with Crippen molar-refractivity contribution in [1.82, 2.24) is 9.47 Å². The normalized spacial score (nSPS) is 26.9. The van der Waals surface area contributed by atoms with E-state index in [0.29, 0.717) is 18.3 Å². The molecule has 1 saturated heterocycles. The number of benzene rings is 1. The Kier molecular flexibility index (Phi) is 3.34. The highest BCUT2D eigenvalue weighted by Gasteiger charge is 2.33. The van der Waals surface area contributed by atoms with Gasteiger partial charge in [0.25, 0.3) is 0 Å². The molecule has 2 heterocycles. The first-order chi connectivity index (χ1) is 10.3. The molecule has 4 heteroatoms. The third-order valence-electron chi connectivity index (χ3n) is 5.25. The fourth-order valence-corrected chi connectivity index (χ4v) is 4.23. The molecule has 1 aliphatic carbocycles. The summed E-state index contributed by atoms with van der Waals surface area (Å²) in [6, 6.07) is 8.38. The predicted molar refractivity (Wildman–Crippen MR) is 82.2 cm³/mol. The van der Waals surface area contributed by atoms with Gasteiger partial charge in [0.05, 0.1) is 12.2 Å². The van der Waals surface area contributed by atoms with E-state index in [1.165, 1.54) is 38.5 Å². The molecule has 0 unspecified atom stereocenters. The van der Waals surface area contributed by atoms with Gasteiger partial charge in [-0.1, -0.05) is 25.0 Å². The molecule has 1 aromatic carbocycles. The van der Waals surface area contributed by atoms with E-state index in [4.69, 9.17) is 4.42 Å². The first-order valence-electron chi connectivity index (χ1n) is 8.15. The lowest BCUT2D eigenvalue weighted by Gasteiger charge is -2.44. The van der Waals surface area contributed by atoms with Crippen LogP contribution in [0.15, 0.2) is 33.5 Å². The van der Waals surface area contributed by atoms with E-state index in [9.17, 15) is 4.79 Å². The Bertz CT molecular complexity index is 685. The standard InChI is InChI=1S/C17H22N2O2/c20-17-19(15-9-3-4-10-16(15)21-17)12-18-11-5-7-13-6-1-2-8-14(13)18/h3-4,9-10,13-14H,1-2,5-8,11-12H2/t13-,14-/m0/s1. The summed E-state index contributed by atoms with van der Waals surface area (Å²) in [6.07, 6.45) is 7.98. The van der Waals surface area contributed by atoms with Gasteiger partial charge in [0.2, 0.25) is 0 Å². The predicted octanol–water partition coefficient (Wildman–Crippen LogP) is 3.21. The van der Waals surface area contributed by atoms with Gasteiger partial charge in [0, 0.05) is 12.6 Å². The lowest BCUT2D eigenvalue weighted by molar-refractivity contribution is 0.0357. The molecule has 2 fully saturated rings. The van der Waals surface area contributed by atoms with Crippen molar-refractivity contribution in [1.29, 1.82) is 0 Å². The maximum Gasteiger partial charge on any atom is 0.421 e. The second kappa shape index (κ2) is 5.34. The molecule has 112 valence electrons. The van der Waals surface area contributed by atoms with Crippen LogP contribution in [0.3, 0.4) is 0 Å². The van der Waals surface area contributed by atoms with Crippen LogP contribution in [0, 0.1) is 5.92 Å². The summed E-state index contributed by atoms with van der Waals surface area (Å²) in [5.41, 5.74) is 1.61. The SMILES string of the molecule is O=c1oc2ccccc2n1CN1CCC[C@@H]2CCCC[C@@H]21. The molecule has 0 bridgehead atoms. The molecule has 1 aliphatic heterocycles. The molecule has 2 aliphatic rings. The molecule has 1 aromatic heterocycles. The summed E-state index contributed by atoms with van der Waals surface area (Å²) in [4.78, 5) is 14.7. The molecule has 2 atom stereocenters. The first kappa shape index (κ1) is 13.1. The summed E-state index contributed by atoms with van der Waals surface area (Å²) < 4.78 is 7.16. The van der Waals surface area contributed by atoms with Crippen molar-refractivity contribution in [3.05, 3.63) is 34.8 Å². The quantitative estimate of drug-likeness (QED) is 0.851. The van der Waals surface area contributed by atoms with Gasteiger partial charge in [-0.15, -0.1) is 0 Å². The molecule has 0 N–H and O–H groups in total. The number of para-hydroxylation sites is 2. The number of nitrogens with zero attached hydrogens (tertiary/aromatic N) is 2. The topological polar surface area (TPSA) is 38.4 Å². The molecule has 1 saturated carbocycles. The maximum absolute atomic E-state index is 12.1. The number of likely N-dealkylation sites (tertiary alicyclic amines) is 1. The average Bonchev–Trinajstić information content (AvgIpc) is 2.84. The van der Waals surface area contributed by atoms with E-state index in [0.717, 1.165) is 18.0 Å². The Balaban J connectivity index is 1.64. The minimum atomic E-state index is -0.228. The zero-order chi connectivity index (χ0) is 14.2. The van der Waals surface area contributed by atoms with Crippen LogP contribution in [0.25, 0.3) is 11.1 Å². The number of oxazole rings is 1. The maximum atomic E-state index is 12.1. The van der Waals surface area contributed by atoms with E-state index in [2.05, 4.69) is 4.90 Å². The molecule has 21 heavy (non-hydrogen) atoms. The fourth-order valence-electron chi connectivity index (χ4n) is 4.23. The molecule has 2 aromatic rings. The Morgan fingerprint density at radius 1 is 1.10 bits per heavy atom. The van der Waals surface area contributed by atoms with E-state index < -0.39 is 0 Å². The smallest absolute Gasteiger partial charge is 0.408 e. The van der Waals surface area contributed by atoms with Crippen LogP contribution in [0.2, 0.25) is 0 Å². The number of hydrogen-bond donors (Lipinski definition) is 0. The molecular weight excluding hydrogens is 264 g/mol. The molecule has 0 amide bonds. The van der Waals surface area contributed by atoms with Gasteiger partial charge in [-0.3, -0.25) is 9.47 Å². The highest BCUT2D eigenvalue weighted by molar-refractivity contribution is 5.72. The minimum Gasteiger partial charge on any atom is -0.408 e. The highest BCUT2D eigenvalue weighted by Crippen LogP contribution is 2.35. The van der Waals surface area contributed by atoms with Gasteiger partial charge < -0.3 is 4.42 Å². The first-order valence-corrected chi connectivity index (χ1v) is 8.15. The van der Waals surface area contributed by atoms with Crippen molar-refractivity contribution in [2.45, 2.75) is 51.2 Å². The second-order valence-electron chi connectivity index (χ2n) is 6.47.